The lowest BCUT2D eigenvalue weighted by Crippen LogP contribution is -1.96. The smallest absolute Gasteiger partial charge is 0.245 e. The van der Waals surface area contributed by atoms with Crippen LogP contribution in [-0.2, 0) is 16.0 Å². The highest BCUT2D eigenvalue weighted by molar-refractivity contribution is 7.85. The second-order valence-corrected chi connectivity index (χ2v) is 5.39. The van der Waals surface area contributed by atoms with Gasteiger partial charge >= 0.3 is 10.2 Å². The van der Waals surface area contributed by atoms with Gasteiger partial charge in [-0.1, -0.05) is 0 Å². The maximum absolute atomic E-state index is 12.2. The van der Waals surface area contributed by atoms with Gasteiger partial charge in [-0.05, 0) is 12.8 Å². The molecule has 0 bridgehead atoms. The molecule has 72 valence electrons. The van der Waals surface area contributed by atoms with Crippen molar-refractivity contribution >= 4 is 21.6 Å². The minimum atomic E-state index is -4.42. The zero-order chi connectivity index (χ0) is 9.47. The van der Waals surface area contributed by atoms with Crippen molar-refractivity contribution < 1.29 is 12.3 Å². The molecule has 13 heavy (non-hydrogen) atoms. The predicted octanol–water partition coefficient (Wildman–Crippen LogP) is 1.82. The van der Waals surface area contributed by atoms with E-state index in [9.17, 15) is 12.3 Å². The van der Waals surface area contributed by atoms with Crippen molar-refractivity contribution in [1.82, 2.24) is 4.98 Å². The Balaban J connectivity index is 2.13. The highest BCUT2D eigenvalue weighted by Gasteiger charge is 2.27. The molecule has 0 unspecified atom stereocenters. The van der Waals surface area contributed by atoms with Crippen LogP contribution >= 0.6 is 11.3 Å². The topological polar surface area (TPSA) is 47.0 Å². The number of aromatic nitrogens is 1. The molecule has 1 aromatic heterocycles. The van der Waals surface area contributed by atoms with Gasteiger partial charge in [0.15, 0.2) is 0 Å². The van der Waals surface area contributed by atoms with Crippen LogP contribution in [0.15, 0.2) is 5.38 Å². The van der Waals surface area contributed by atoms with Crippen LogP contribution in [0.25, 0.3) is 0 Å². The minimum Gasteiger partial charge on any atom is -0.245 e. The summed E-state index contributed by atoms with van der Waals surface area (Å²) in [5, 5.41) is 2.56. The first-order valence-electron chi connectivity index (χ1n) is 3.91. The number of hydrogen-bond donors (Lipinski definition) is 0. The van der Waals surface area contributed by atoms with E-state index >= 15 is 0 Å². The molecule has 1 aliphatic rings. The Kier molecular flexibility index (Phi) is 2.11. The number of thiazole rings is 1. The van der Waals surface area contributed by atoms with Gasteiger partial charge in [0.2, 0.25) is 0 Å². The molecule has 1 aromatic rings. The van der Waals surface area contributed by atoms with Gasteiger partial charge < -0.3 is 0 Å². The van der Waals surface area contributed by atoms with Gasteiger partial charge in [0.1, 0.15) is 5.75 Å². The highest BCUT2D eigenvalue weighted by Crippen LogP contribution is 2.41. The Bertz CT molecular complexity index is 408. The molecule has 3 nitrogen and oxygen atoms in total. The molecule has 1 saturated carbocycles. The lowest BCUT2D eigenvalue weighted by Gasteiger charge is -1.88. The summed E-state index contributed by atoms with van der Waals surface area (Å²) in [6.45, 7) is 0. The van der Waals surface area contributed by atoms with Crippen molar-refractivity contribution in [2.24, 2.45) is 0 Å². The van der Waals surface area contributed by atoms with Gasteiger partial charge in [0, 0.05) is 11.3 Å². The summed E-state index contributed by atoms with van der Waals surface area (Å²) in [5.74, 6) is -0.0861. The summed E-state index contributed by atoms with van der Waals surface area (Å²) < 4.78 is 32.8. The number of hydrogen-bond acceptors (Lipinski definition) is 4. The van der Waals surface area contributed by atoms with Crippen molar-refractivity contribution in [3.63, 3.8) is 0 Å². The Morgan fingerprint density at radius 2 is 2.31 bits per heavy atom. The highest BCUT2D eigenvalue weighted by atomic mass is 32.3. The van der Waals surface area contributed by atoms with Crippen LogP contribution in [0, 0.1) is 0 Å². The molecule has 1 heterocycles. The molecular formula is C7H8FNO2S2. The van der Waals surface area contributed by atoms with E-state index in [-0.39, 0.29) is 0 Å². The SMILES string of the molecule is O=S(=O)(F)Cc1csc(C2CC2)n1. The van der Waals surface area contributed by atoms with Crippen LogP contribution < -0.4 is 0 Å². The van der Waals surface area contributed by atoms with Crippen LogP contribution in [0.2, 0.25) is 0 Å². The van der Waals surface area contributed by atoms with Crippen molar-refractivity contribution in [2.45, 2.75) is 24.5 Å². The van der Waals surface area contributed by atoms with E-state index in [0.717, 1.165) is 17.8 Å². The second-order valence-electron chi connectivity index (χ2n) is 3.13. The molecule has 0 amide bonds. The molecule has 2 rings (SSSR count). The zero-order valence-electron chi connectivity index (χ0n) is 6.73. The minimum absolute atomic E-state index is 0.328. The third-order valence-corrected chi connectivity index (χ3v) is 3.51. The van der Waals surface area contributed by atoms with Crippen molar-refractivity contribution in [1.29, 1.82) is 0 Å². The quantitative estimate of drug-likeness (QED) is 0.731. The molecule has 0 aromatic carbocycles. The lowest BCUT2D eigenvalue weighted by molar-refractivity contribution is 0.550. The Morgan fingerprint density at radius 3 is 2.85 bits per heavy atom. The summed E-state index contributed by atoms with van der Waals surface area (Å²) in [7, 11) is -4.42. The molecule has 0 spiro atoms. The third kappa shape index (κ3) is 2.47. The van der Waals surface area contributed by atoms with Crippen molar-refractivity contribution in [3.8, 4) is 0 Å². The lowest BCUT2D eigenvalue weighted by atomic mass is 10.4. The van der Waals surface area contributed by atoms with Gasteiger partial charge in [0.05, 0.1) is 10.7 Å². The van der Waals surface area contributed by atoms with Crippen LogP contribution in [0.1, 0.15) is 29.5 Å². The van der Waals surface area contributed by atoms with Gasteiger partial charge in [-0.2, -0.15) is 8.42 Å². The third-order valence-electron chi connectivity index (χ3n) is 1.82. The van der Waals surface area contributed by atoms with Crippen LogP contribution in [0.4, 0.5) is 3.89 Å². The number of rotatable bonds is 3. The molecule has 0 atom stereocenters. The van der Waals surface area contributed by atoms with Gasteiger partial charge in [-0.3, -0.25) is 0 Å². The molecule has 0 aliphatic heterocycles. The van der Waals surface area contributed by atoms with Crippen LogP contribution in [0.3, 0.4) is 0 Å². The standard InChI is InChI=1S/C7H8FNO2S2/c8-13(10,11)4-6-3-12-7(9-6)5-1-2-5/h3,5H,1-2,4H2. The Morgan fingerprint density at radius 1 is 1.62 bits per heavy atom. The van der Waals surface area contributed by atoms with E-state index in [1.807, 2.05) is 0 Å². The normalized spacial score (nSPS) is 17.6. The van der Waals surface area contributed by atoms with Crippen molar-refractivity contribution in [3.05, 3.63) is 16.1 Å². The van der Waals surface area contributed by atoms with E-state index in [0.29, 0.717) is 11.6 Å². The van der Waals surface area contributed by atoms with Crippen LogP contribution in [-0.4, -0.2) is 13.4 Å². The van der Waals surface area contributed by atoms with E-state index in [1.165, 1.54) is 11.3 Å². The van der Waals surface area contributed by atoms with Gasteiger partial charge in [-0.25, -0.2) is 4.98 Å². The summed E-state index contributed by atoms with van der Waals surface area (Å²) in [6, 6.07) is 0. The fourth-order valence-electron chi connectivity index (χ4n) is 1.08. The first kappa shape index (κ1) is 9.08. The first-order chi connectivity index (χ1) is 6.04. The number of nitrogens with zero attached hydrogens (tertiary/aromatic N) is 1. The average molecular weight is 221 g/mol. The first-order valence-corrected chi connectivity index (χ1v) is 6.34. The molecule has 1 fully saturated rings. The van der Waals surface area contributed by atoms with E-state index in [4.69, 9.17) is 0 Å². The molecule has 0 radical (unpaired) electrons. The van der Waals surface area contributed by atoms with E-state index < -0.39 is 16.0 Å². The Labute approximate surface area is 79.8 Å². The molecule has 6 heteroatoms. The maximum Gasteiger partial charge on any atom is 0.308 e. The molecule has 0 saturated heterocycles. The van der Waals surface area contributed by atoms with Crippen molar-refractivity contribution in [2.75, 3.05) is 0 Å². The summed E-state index contributed by atoms with van der Waals surface area (Å²) in [6.07, 6.45) is 2.24. The predicted molar refractivity (Wildman–Crippen MR) is 47.8 cm³/mol. The molecule has 1 aliphatic carbocycles. The Hall–Kier alpha value is -0.490. The molecular weight excluding hydrogens is 213 g/mol. The second kappa shape index (κ2) is 3.02. The molecule has 0 N–H and O–H groups in total. The summed E-state index contributed by atoms with van der Waals surface area (Å²) in [5.41, 5.74) is 0.328. The summed E-state index contributed by atoms with van der Waals surface area (Å²) in [4.78, 5) is 4.06. The fraction of sp³-hybridized carbons (Fsp3) is 0.571. The fourth-order valence-corrected chi connectivity index (χ4v) is 2.68. The van der Waals surface area contributed by atoms with Gasteiger partial charge in [0.25, 0.3) is 0 Å². The zero-order valence-corrected chi connectivity index (χ0v) is 8.37. The maximum atomic E-state index is 12.2. The van der Waals surface area contributed by atoms with Gasteiger partial charge in [-0.15, -0.1) is 15.2 Å². The summed E-state index contributed by atoms with van der Waals surface area (Å²) >= 11 is 1.42. The largest absolute Gasteiger partial charge is 0.308 e. The number of halogens is 1. The van der Waals surface area contributed by atoms with E-state index in [1.54, 1.807) is 5.38 Å². The average Bonchev–Trinajstić information content (AvgIpc) is 2.72. The monoisotopic (exact) mass is 221 g/mol. The van der Waals surface area contributed by atoms with E-state index in [2.05, 4.69) is 4.98 Å². The van der Waals surface area contributed by atoms with Crippen LogP contribution in [0.5, 0.6) is 0 Å².